The second kappa shape index (κ2) is 6.23. The molecule has 0 spiro atoms. The molecule has 3 rings (SSSR count). The van der Waals surface area contributed by atoms with Crippen molar-refractivity contribution in [1.82, 2.24) is 10.2 Å². The predicted molar refractivity (Wildman–Crippen MR) is 80.3 cm³/mol. The minimum Gasteiger partial charge on any atom is -0.314 e. The molecule has 1 aromatic carbocycles. The first-order chi connectivity index (χ1) is 9.76. The quantitative estimate of drug-likeness (QED) is 0.889. The highest BCUT2D eigenvalue weighted by molar-refractivity contribution is 5.16. The molecular weight excluding hydrogens is 251 g/mol. The van der Waals surface area contributed by atoms with Crippen LogP contribution in [0.4, 0.5) is 4.39 Å². The molecule has 2 aliphatic rings. The van der Waals surface area contributed by atoms with E-state index >= 15 is 0 Å². The van der Waals surface area contributed by atoms with Crippen molar-refractivity contribution < 1.29 is 4.39 Å². The monoisotopic (exact) mass is 276 g/mol. The number of nitrogens with zero attached hydrogens (tertiary/aromatic N) is 1. The van der Waals surface area contributed by atoms with Gasteiger partial charge in [-0.1, -0.05) is 19.1 Å². The van der Waals surface area contributed by atoms with Crippen molar-refractivity contribution in [2.75, 3.05) is 13.1 Å². The third-order valence-electron chi connectivity index (χ3n) is 4.92. The van der Waals surface area contributed by atoms with Gasteiger partial charge in [0.25, 0.3) is 0 Å². The largest absolute Gasteiger partial charge is 0.314 e. The summed E-state index contributed by atoms with van der Waals surface area (Å²) in [7, 11) is 0. The number of piperidine rings is 1. The van der Waals surface area contributed by atoms with Gasteiger partial charge in [0.05, 0.1) is 0 Å². The summed E-state index contributed by atoms with van der Waals surface area (Å²) in [4.78, 5) is 2.68. The molecule has 2 unspecified atom stereocenters. The van der Waals surface area contributed by atoms with Gasteiger partial charge in [-0.25, -0.2) is 4.39 Å². The van der Waals surface area contributed by atoms with Crippen LogP contribution in [-0.4, -0.2) is 36.1 Å². The Hall–Kier alpha value is -0.930. The van der Waals surface area contributed by atoms with E-state index in [9.17, 15) is 4.39 Å². The van der Waals surface area contributed by atoms with Crippen molar-refractivity contribution in [2.45, 2.75) is 57.2 Å². The zero-order valence-electron chi connectivity index (χ0n) is 12.3. The molecule has 2 nitrogen and oxygen atoms in total. The van der Waals surface area contributed by atoms with Crippen LogP contribution in [-0.2, 0) is 6.42 Å². The maximum atomic E-state index is 13.2. The average molecular weight is 276 g/mol. The maximum Gasteiger partial charge on any atom is 0.123 e. The Morgan fingerprint density at radius 3 is 2.65 bits per heavy atom. The van der Waals surface area contributed by atoms with Crippen molar-refractivity contribution in [1.29, 1.82) is 0 Å². The van der Waals surface area contributed by atoms with E-state index in [0.717, 1.165) is 37.2 Å². The number of halogens is 1. The second-order valence-electron chi connectivity index (χ2n) is 6.23. The van der Waals surface area contributed by atoms with Gasteiger partial charge in [0, 0.05) is 24.7 Å². The first-order valence-corrected chi connectivity index (χ1v) is 8.00. The zero-order chi connectivity index (χ0) is 13.9. The number of hydrogen-bond donors (Lipinski definition) is 1. The number of nitrogens with one attached hydrogen (secondary N) is 1. The smallest absolute Gasteiger partial charge is 0.123 e. The lowest BCUT2D eigenvalue weighted by Crippen LogP contribution is -2.49. The Labute approximate surface area is 121 Å². The Balaban J connectivity index is 1.57. The van der Waals surface area contributed by atoms with Crippen LogP contribution in [0.15, 0.2) is 24.3 Å². The Morgan fingerprint density at radius 2 is 2.00 bits per heavy atom. The van der Waals surface area contributed by atoms with E-state index in [1.807, 2.05) is 12.1 Å². The molecule has 1 aromatic rings. The molecule has 0 aromatic heterocycles. The van der Waals surface area contributed by atoms with Gasteiger partial charge in [0.15, 0.2) is 0 Å². The van der Waals surface area contributed by atoms with E-state index in [-0.39, 0.29) is 5.82 Å². The van der Waals surface area contributed by atoms with Crippen LogP contribution in [0.5, 0.6) is 0 Å². The van der Waals surface area contributed by atoms with E-state index in [0.29, 0.717) is 6.04 Å². The van der Waals surface area contributed by atoms with Crippen molar-refractivity contribution in [3.8, 4) is 0 Å². The fourth-order valence-electron chi connectivity index (χ4n) is 4.05. The molecule has 1 N–H and O–H groups in total. The number of rotatable bonds is 5. The van der Waals surface area contributed by atoms with Crippen molar-refractivity contribution in [2.24, 2.45) is 0 Å². The first kappa shape index (κ1) is 14.0. The minimum atomic E-state index is -0.115. The van der Waals surface area contributed by atoms with Gasteiger partial charge in [-0.2, -0.15) is 0 Å². The van der Waals surface area contributed by atoms with Crippen LogP contribution in [0.1, 0.15) is 38.2 Å². The molecule has 2 saturated heterocycles. The normalized spacial score (nSPS) is 29.8. The van der Waals surface area contributed by atoms with Crippen LogP contribution in [0.3, 0.4) is 0 Å². The number of fused-ring (bicyclic) bond motifs is 2. The van der Waals surface area contributed by atoms with Crippen LogP contribution >= 0.6 is 0 Å². The molecule has 2 aliphatic heterocycles. The second-order valence-corrected chi connectivity index (χ2v) is 6.23. The number of hydrogen-bond acceptors (Lipinski definition) is 2. The molecular formula is C17H25FN2. The van der Waals surface area contributed by atoms with E-state index < -0.39 is 0 Å². The summed E-state index contributed by atoms with van der Waals surface area (Å²) < 4.78 is 13.2. The summed E-state index contributed by atoms with van der Waals surface area (Å²) in [5, 5.41) is 3.61. The molecule has 20 heavy (non-hydrogen) atoms. The lowest BCUT2D eigenvalue weighted by Gasteiger charge is -2.39. The molecule has 2 heterocycles. The fourth-order valence-corrected chi connectivity index (χ4v) is 4.05. The van der Waals surface area contributed by atoms with Gasteiger partial charge >= 0.3 is 0 Å². The van der Waals surface area contributed by atoms with Gasteiger partial charge in [-0.3, -0.25) is 4.90 Å². The third-order valence-corrected chi connectivity index (χ3v) is 4.92. The third kappa shape index (κ3) is 3.04. The minimum absolute atomic E-state index is 0.115. The van der Waals surface area contributed by atoms with E-state index in [1.54, 1.807) is 6.07 Å². The van der Waals surface area contributed by atoms with Gasteiger partial charge in [0.1, 0.15) is 5.82 Å². The summed E-state index contributed by atoms with van der Waals surface area (Å²) in [5.74, 6) is -0.115. The highest BCUT2D eigenvalue weighted by Gasteiger charge is 2.39. The molecule has 2 fully saturated rings. The molecule has 3 heteroatoms. The van der Waals surface area contributed by atoms with E-state index in [1.165, 1.54) is 31.7 Å². The highest BCUT2D eigenvalue weighted by atomic mass is 19.1. The van der Waals surface area contributed by atoms with Gasteiger partial charge < -0.3 is 5.32 Å². The average Bonchev–Trinajstić information content (AvgIpc) is 2.67. The highest BCUT2D eigenvalue weighted by Crippen LogP contribution is 2.35. The van der Waals surface area contributed by atoms with Crippen LogP contribution < -0.4 is 5.32 Å². The summed E-state index contributed by atoms with van der Waals surface area (Å²) in [6, 6.07) is 9.25. The van der Waals surface area contributed by atoms with Gasteiger partial charge in [-0.15, -0.1) is 0 Å². The van der Waals surface area contributed by atoms with Crippen molar-refractivity contribution >= 4 is 0 Å². The van der Waals surface area contributed by atoms with Gasteiger partial charge in [-0.05, 0) is 56.3 Å². The standard InChI is InChI=1S/C17H25FN2/c1-2-19-15-11-16-6-7-17(12-15)20(16)9-8-13-4-3-5-14(18)10-13/h3-5,10,15-17,19H,2,6-9,11-12H2,1H3. The Morgan fingerprint density at radius 1 is 1.25 bits per heavy atom. The summed E-state index contributed by atoms with van der Waals surface area (Å²) >= 11 is 0. The Bertz CT molecular complexity index is 434. The topological polar surface area (TPSA) is 15.3 Å². The SMILES string of the molecule is CCNC1CC2CCC(C1)N2CCc1cccc(F)c1. The predicted octanol–water partition coefficient (Wildman–Crippen LogP) is 2.97. The molecule has 2 bridgehead atoms. The van der Waals surface area contributed by atoms with Crippen LogP contribution in [0.25, 0.3) is 0 Å². The molecule has 0 radical (unpaired) electrons. The van der Waals surface area contributed by atoms with E-state index in [2.05, 4.69) is 17.1 Å². The lowest BCUT2D eigenvalue weighted by molar-refractivity contribution is 0.119. The molecule has 110 valence electrons. The first-order valence-electron chi connectivity index (χ1n) is 8.00. The van der Waals surface area contributed by atoms with Crippen LogP contribution in [0, 0.1) is 5.82 Å². The zero-order valence-corrected chi connectivity index (χ0v) is 12.3. The van der Waals surface area contributed by atoms with E-state index in [4.69, 9.17) is 0 Å². The molecule has 0 amide bonds. The van der Waals surface area contributed by atoms with Crippen LogP contribution in [0.2, 0.25) is 0 Å². The van der Waals surface area contributed by atoms with Crippen molar-refractivity contribution in [3.05, 3.63) is 35.6 Å². The van der Waals surface area contributed by atoms with Crippen molar-refractivity contribution in [3.63, 3.8) is 0 Å². The lowest BCUT2D eigenvalue weighted by atomic mass is 9.96. The number of benzene rings is 1. The Kier molecular flexibility index (Phi) is 4.37. The summed E-state index contributed by atoms with van der Waals surface area (Å²) in [5.41, 5.74) is 1.12. The molecule has 2 atom stereocenters. The van der Waals surface area contributed by atoms with Gasteiger partial charge in [0.2, 0.25) is 0 Å². The summed E-state index contributed by atoms with van der Waals surface area (Å²) in [6.45, 7) is 4.35. The maximum absolute atomic E-state index is 13.2. The summed E-state index contributed by atoms with van der Waals surface area (Å²) in [6.07, 6.45) is 6.23. The molecule has 0 saturated carbocycles. The fraction of sp³-hybridized carbons (Fsp3) is 0.647. The molecule has 0 aliphatic carbocycles.